The molecule has 0 spiro atoms. The van der Waals surface area contributed by atoms with E-state index < -0.39 is 0 Å². The molecule has 0 radical (unpaired) electrons. The molecular weight excluding hydrogens is 264 g/mol. The van der Waals surface area contributed by atoms with Gasteiger partial charge in [0.15, 0.2) is 0 Å². The van der Waals surface area contributed by atoms with Gasteiger partial charge < -0.3 is 9.80 Å². The first-order chi connectivity index (χ1) is 9.74. The van der Waals surface area contributed by atoms with E-state index in [1.54, 1.807) is 11.1 Å². The van der Waals surface area contributed by atoms with Gasteiger partial charge >= 0.3 is 0 Å². The molecule has 3 aliphatic rings. The highest BCUT2D eigenvalue weighted by Gasteiger charge is 2.27. The molecule has 3 rings (SSSR count). The average Bonchev–Trinajstić information content (AvgIpc) is 2.88. The van der Waals surface area contributed by atoms with E-state index in [1.165, 1.54) is 29.9 Å². The van der Waals surface area contributed by atoms with Gasteiger partial charge in [0.05, 0.1) is 6.04 Å². The molecule has 2 heterocycles. The number of rotatable bonds is 4. The van der Waals surface area contributed by atoms with E-state index in [-0.39, 0.29) is 0 Å². The fraction of sp³-hybridized carbons (Fsp3) is 0.529. The second-order valence-electron chi connectivity index (χ2n) is 5.99. The summed E-state index contributed by atoms with van der Waals surface area (Å²) in [5.41, 5.74) is 4.65. The second-order valence-corrected chi connectivity index (χ2v) is 7.14. The van der Waals surface area contributed by atoms with Crippen molar-refractivity contribution in [3.8, 4) is 0 Å². The summed E-state index contributed by atoms with van der Waals surface area (Å²) < 4.78 is 0. The normalized spacial score (nSPS) is 25.4. The van der Waals surface area contributed by atoms with Crippen LogP contribution < -0.4 is 0 Å². The zero-order valence-corrected chi connectivity index (χ0v) is 13.3. The second kappa shape index (κ2) is 6.23. The third-order valence-electron chi connectivity index (χ3n) is 4.31. The Morgan fingerprint density at radius 1 is 1.30 bits per heavy atom. The molecule has 0 saturated carbocycles. The van der Waals surface area contributed by atoms with Gasteiger partial charge in [0.2, 0.25) is 0 Å². The number of likely N-dealkylation sites (N-methyl/N-ethyl adjacent to an activating group) is 1. The van der Waals surface area contributed by atoms with Gasteiger partial charge in [0.25, 0.3) is 0 Å². The highest BCUT2D eigenvalue weighted by atomic mass is 32.2. The molecule has 0 amide bonds. The van der Waals surface area contributed by atoms with Crippen LogP contribution in [-0.4, -0.2) is 54.5 Å². The average molecular weight is 288 g/mol. The minimum absolute atomic E-state index is 0.574. The van der Waals surface area contributed by atoms with E-state index in [2.05, 4.69) is 54.4 Å². The monoisotopic (exact) mass is 288 g/mol. The van der Waals surface area contributed by atoms with Crippen LogP contribution in [0.5, 0.6) is 0 Å². The molecule has 108 valence electrons. The fourth-order valence-corrected chi connectivity index (χ4v) is 3.92. The molecule has 0 saturated heterocycles. The summed E-state index contributed by atoms with van der Waals surface area (Å²) in [7, 11) is 4.29. The molecule has 0 aromatic heterocycles. The number of hydrogen-bond acceptors (Lipinski definition) is 3. The third kappa shape index (κ3) is 3.04. The summed E-state index contributed by atoms with van der Waals surface area (Å²) in [4.78, 5) is 4.77. The first-order valence-corrected chi connectivity index (χ1v) is 8.66. The minimum Gasteiger partial charge on any atom is -0.369 e. The lowest BCUT2D eigenvalue weighted by atomic mass is 9.88. The van der Waals surface area contributed by atoms with Gasteiger partial charge in [-0.15, -0.1) is 0 Å². The molecule has 2 aliphatic heterocycles. The lowest BCUT2D eigenvalue weighted by Crippen LogP contribution is -2.35. The molecule has 0 N–H and O–H groups in total. The highest BCUT2D eigenvalue weighted by Crippen LogP contribution is 2.35. The molecule has 0 fully saturated rings. The van der Waals surface area contributed by atoms with Crippen molar-refractivity contribution in [2.75, 3.05) is 38.7 Å². The lowest BCUT2D eigenvalue weighted by Gasteiger charge is -2.31. The molecule has 0 aromatic rings. The van der Waals surface area contributed by atoms with Crippen LogP contribution in [0.15, 0.2) is 47.2 Å². The molecule has 1 aliphatic carbocycles. The molecule has 20 heavy (non-hydrogen) atoms. The largest absolute Gasteiger partial charge is 0.369 e. The molecule has 1 atom stereocenters. The maximum Gasteiger partial charge on any atom is 0.0578 e. The Labute approximate surface area is 126 Å². The van der Waals surface area contributed by atoms with Crippen LogP contribution in [0.25, 0.3) is 0 Å². The predicted molar refractivity (Wildman–Crippen MR) is 89.0 cm³/mol. The Bertz CT molecular complexity index is 485. The molecular formula is C17H24N2S. The first-order valence-electron chi connectivity index (χ1n) is 7.50. The summed E-state index contributed by atoms with van der Waals surface area (Å²) >= 11 is 2.05. The fourth-order valence-electron chi connectivity index (χ4n) is 3.07. The van der Waals surface area contributed by atoms with Crippen LogP contribution in [0.1, 0.15) is 12.8 Å². The smallest absolute Gasteiger partial charge is 0.0578 e. The van der Waals surface area contributed by atoms with Crippen molar-refractivity contribution in [3.05, 3.63) is 47.2 Å². The predicted octanol–water partition coefficient (Wildman–Crippen LogP) is 3.07. The van der Waals surface area contributed by atoms with Gasteiger partial charge in [-0.1, -0.05) is 18.2 Å². The van der Waals surface area contributed by atoms with Crippen LogP contribution in [0.2, 0.25) is 0 Å². The van der Waals surface area contributed by atoms with Crippen molar-refractivity contribution >= 4 is 11.8 Å². The van der Waals surface area contributed by atoms with E-state index in [9.17, 15) is 0 Å². The van der Waals surface area contributed by atoms with Crippen molar-refractivity contribution in [1.29, 1.82) is 0 Å². The maximum absolute atomic E-state index is 2.51. The van der Waals surface area contributed by atoms with Crippen molar-refractivity contribution in [1.82, 2.24) is 9.80 Å². The van der Waals surface area contributed by atoms with E-state index >= 15 is 0 Å². The summed E-state index contributed by atoms with van der Waals surface area (Å²) in [5, 5.41) is 0. The van der Waals surface area contributed by atoms with Gasteiger partial charge in [0, 0.05) is 25.0 Å². The Morgan fingerprint density at radius 3 is 2.95 bits per heavy atom. The minimum atomic E-state index is 0.574. The number of thioether (sulfide) groups is 1. The van der Waals surface area contributed by atoms with Gasteiger partial charge in [0.1, 0.15) is 0 Å². The van der Waals surface area contributed by atoms with Crippen molar-refractivity contribution < 1.29 is 0 Å². The number of hydrogen-bond donors (Lipinski definition) is 0. The highest BCUT2D eigenvalue weighted by molar-refractivity contribution is 7.99. The number of nitrogens with zero attached hydrogens (tertiary/aromatic N) is 2. The summed E-state index contributed by atoms with van der Waals surface area (Å²) in [6.07, 6.45) is 14.1. The van der Waals surface area contributed by atoms with Gasteiger partial charge in [-0.2, -0.15) is 11.8 Å². The molecule has 3 heteroatoms. The number of allylic oxidation sites excluding steroid dienone is 3. The topological polar surface area (TPSA) is 6.48 Å². The third-order valence-corrected chi connectivity index (χ3v) is 5.21. The standard InChI is InChI=1S/C17H24N2S/c1-18(2)9-10-19-8-5-15-3-4-16(13-17(15)19)14-6-11-20-12-7-14/h3-6,8,17H,7,9-13H2,1-2H3. The maximum atomic E-state index is 2.51. The van der Waals surface area contributed by atoms with Crippen LogP contribution in [0.3, 0.4) is 0 Å². The van der Waals surface area contributed by atoms with E-state index in [0.717, 1.165) is 13.1 Å². The summed E-state index contributed by atoms with van der Waals surface area (Å²) in [6.45, 7) is 2.24. The quantitative estimate of drug-likeness (QED) is 0.785. The zero-order valence-electron chi connectivity index (χ0n) is 12.5. The van der Waals surface area contributed by atoms with E-state index in [1.807, 2.05) is 11.8 Å². The first kappa shape index (κ1) is 14.0. The molecule has 2 nitrogen and oxygen atoms in total. The Kier molecular flexibility index (Phi) is 4.37. The Hall–Kier alpha value is -0.930. The molecule has 0 aromatic carbocycles. The van der Waals surface area contributed by atoms with Crippen molar-refractivity contribution in [2.45, 2.75) is 18.9 Å². The summed E-state index contributed by atoms with van der Waals surface area (Å²) in [6, 6.07) is 0.574. The Morgan fingerprint density at radius 2 is 2.20 bits per heavy atom. The Balaban J connectivity index is 1.69. The van der Waals surface area contributed by atoms with Gasteiger partial charge in [-0.25, -0.2) is 0 Å². The van der Waals surface area contributed by atoms with Crippen molar-refractivity contribution in [2.24, 2.45) is 0 Å². The lowest BCUT2D eigenvalue weighted by molar-refractivity contribution is 0.277. The van der Waals surface area contributed by atoms with Gasteiger partial charge in [-0.3, -0.25) is 0 Å². The van der Waals surface area contributed by atoms with Gasteiger partial charge in [-0.05, 0) is 55.5 Å². The zero-order chi connectivity index (χ0) is 13.9. The van der Waals surface area contributed by atoms with Crippen molar-refractivity contribution in [3.63, 3.8) is 0 Å². The van der Waals surface area contributed by atoms with E-state index in [4.69, 9.17) is 0 Å². The number of fused-ring (bicyclic) bond motifs is 1. The summed E-state index contributed by atoms with van der Waals surface area (Å²) in [5.74, 6) is 2.48. The van der Waals surface area contributed by atoms with E-state index in [0.29, 0.717) is 6.04 Å². The van der Waals surface area contributed by atoms with Crippen LogP contribution >= 0.6 is 11.8 Å². The SMILES string of the molecule is CN(C)CCN1C=CC2=CC=C(C3=CCSCC3)CC21. The molecule has 1 unspecified atom stereocenters. The van der Waals surface area contributed by atoms with Crippen LogP contribution in [0.4, 0.5) is 0 Å². The van der Waals surface area contributed by atoms with Crippen LogP contribution in [-0.2, 0) is 0 Å². The molecule has 0 bridgehead atoms. The van der Waals surface area contributed by atoms with Crippen LogP contribution in [0, 0.1) is 0 Å².